The number of hydrogen-bond acceptors (Lipinski definition) is 3. The standard InChI is InChI=1S/C18H30N2S/c1-4-10-19-18(17-8-6-5-7-9-17)15(2)13-20-11-12-21-14-16(20)3/h5-9,15-16,18-19H,4,10-14H2,1-3H3. The zero-order chi connectivity index (χ0) is 15.1. The number of nitrogens with zero attached hydrogens (tertiary/aromatic N) is 1. The summed E-state index contributed by atoms with van der Waals surface area (Å²) in [5.74, 6) is 3.20. The third-order valence-corrected chi connectivity index (χ3v) is 5.56. The van der Waals surface area contributed by atoms with E-state index in [2.05, 4.69) is 73.1 Å². The van der Waals surface area contributed by atoms with Crippen LogP contribution in [0.25, 0.3) is 0 Å². The van der Waals surface area contributed by atoms with Gasteiger partial charge < -0.3 is 5.32 Å². The Hall–Kier alpha value is -0.510. The summed E-state index contributed by atoms with van der Waals surface area (Å²) in [5.41, 5.74) is 1.43. The van der Waals surface area contributed by atoms with Gasteiger partial charge in [0.15, 0.2) is 0 Å². The lowest BCUT2D eigenvalue weighted by Gasteiger charge is -2.37. The van der Waals surface area contributed by atoms with Crippen molar-refractivity contribution in [1.29, 1.82) is 0 Å². The molecule has 3 unspecified atom stereocenters. The molecule has 2 nitrogen and oxygen atoms in total. The van der Waals surface area contributed by atoms with Crippen molar-refractivity contribution in [2.24, 2.45) is 5.92 Å². The fourth-order valence-electron chi connectivity index (χ4n) is 3.12. The summed E-state index contributed by atoms with van der Waals surface area (Å²) < 4.78 is 0. The lowest BCUT2D eigenvalue weighted by molar-refractivity contribution is 0.181. The molecule has 0 aliphatic carbocycles. The molecule has 0 aromatic heterocycles. The normalized spacial score (nSPS) is 22.9. The van der Waals surface area contributed by atoms with Crippen LogP contribution in [0.15, 0.2) is 30.3 Å². The molecule has 0 radical (unpaired) electrons. The van der Waals surface area contributed by atoms with E-state index in [1.54, 1.807) is 0 Å². The maximum atomic E-state index is 3.76. The van der Waals surface area contributed by atoms with Crippen molar-refractivity contribution in [2.75, 3.05) is 31.1 Å². The molecule has 1 aromatic rings. The molecule has 0 amide bonds. The molecule has 1 fully saturated rings. The molecule has 1 aromatic carbocycles. The van der Waals surface area contributed by atoms with Crippen molar-refractivity contribution in [3.63, 3.8) is 0 Å². The SMILES string of the molecule is CCCNC(c1ccccc1)C(C)CN1CCSCC1C. The Bertz CT molecular complexity index is 395. The monoisotopic (exact) mass is 306 g/mol. The average Bonchev–Trinajstić information content (AvgIpc) is 2.51. The second-order valence-electron chi connectivity index (χ2n) is 6.24. The Morgan fingerprint density at radius 3 is 2.76 bits per heavy atom. The summed E-state index contributed by atoms with van der Waals surface area (Å²) in [6.45, 7) is 10.5. The predicted octanol–water partition coefficient (Wildman–Crippen LogP) is 3.80. The highest BCUT2D eigenvalue weighted by Gasteiger charge is 2.25. The second-order valence-corrected chi connectivity index (χ2v) is 7.39. The van der Waals surface area contributed by atoms with Crippen molar-refractivity contribution in [3.8, 4) is 0 Å². The smallest absolute Gasteiger partial charge is 0.0358 e. The van der Waals surface area contributed by atoms with Gasteiger partial charge >= 0.3 is 0 Å². The van der Waals surface area contributed by atoms with Crippen LogP contribution in [0.5, 0.6) is 0 Å². The van der Waals surface area contributed by atoms with Crippen LogP contribution in [0, 0.1) is 5.92 Å². The van der Waals surface area contributed by atoms with E-state index < -0.39 is 0 Å². The lowest BCUT2D eigenvalue weighted by atomic mass is 9.93. The molecule has 3 heteroatoms. The van der Waals surface area contributed by atoms with E-state index in [1.165, 1.54) is 36.6 Å². The van der Waals surface area contributed by atoms with Crippen LogP contribution in [-0.4, -0.2) is 42.1 Å². The van der Waals surface area contributed by atoms with Crippen LogP contribution in [0.1, 0.15) is 38.8 Å². The fraction of sp³-hybridized carbons (Fsp3) is 0.667. The first-order valence-corrected chi connectivity index (χ1v) is 9.48. The van der Waals surface area contributed by atoms with E-state index in [4.69, 9.17) is 0 Å². The fourth-order valence-corrected chi connectivity index (χ4v) is 4.20. The molecular weight excluding hydrogens is 276 g/mol. The summed E-state index contributed by atoms with van der Waals surface area (Å²) in [5, 5.41) is 3.76. The van der Waals surface area contributed by atoms with Gasteiger partial charge in [0.25, 0.3) is 0 Å². The molecule has 1 N–H and O–H groups in total. The van der Waals surface area contributed by atoms with E-state index in [1.807, 2.05) is 0 Å². The number of thioether (sulfide) groups is 1. The zero-order valence-electron chi connectivity index (χ0n) is 13.7. The van der Waals surface area contributed by atoms with Crippen molar-refractivity contribution >= 4 is 11.8 Å². The summed E-state index contributed by atoms with van der Waals surface area (Å²) in [6.07, 6.45) is 1.19. The number of nitrogens with one attached hydrogen (secondary N) is 1. The van der Waals surface area contributed by atoms with Gasteiger partial charge in [0.2, 0.25) is 0 Å². The van der Waals surface area contributed by atoms with Gasteiger partial charge in [-0.3, -0.25) is 4.90 Å². The van der Waals surface area contributed by atoms with E-state index >= 15 is 0 Å². The minimum atomic E-state index is 0.466. The van der Waals surface area contributed by atoms with Gasteiger partial charge in [0.05, 0.1) is 0 Å². The van der Waals surface area contributed by atoms with Crippen LogP contribution in [0.2, 0.25) is 0 Å². The van der Waals surface area contributed by atoms with Crippen molar-refractivity contribution < 1.29 is 0 Å². The van der Waals surface area contributed by atoms with Crippen LogP contribution in [0.3, 0.4) is 0 Å². The maximum Gasteiger partial charge on any atom is 0.0358 e. The zero-order valence-corrected chi connectivity index (χ0v) is 14.5. The Labute approximate surface area is 134 Å². The van der Waals surface area contributed by atoms with Gasteiger partial charge in [-0.25, -0.2) is 0 Å². The number of benzene rings is 1. The summed E-state index contributed by atoms with van der Waals surface area (Å²) in [7, 11) is 0. The van der Waals surface area contributed by atoms with E-state index in [9.17, 15) is 0 Å². The van der Waals surface area contributed by atoms with Gasteiger partial charge in [-0.1, -0.05) is 44.2 Å². The predicted molar refractivity (Wildman–Crippen MR) is 95.0 cm³/mol. The minimum Gasteiger partial charge on any atom is -0.310 e. The molecule has 118 valence electrons. The van der Waals surface area contributed by atoms with Gasteiger partial charge in [-0.05, 0) is 31.4 Å². The first-order valence-electron chi connectivity index (χ1n) is 8.32. The van der Waals surface area contributed by atoms with Crippen LogP contribution in [-0.2, 0) is 0 Å². The Balaban J connectivity index is 2.01. The number of rotatable bonds is 7. The quantitative estimate of drug-likeness (QED) is 0.825. The van der Waals surface area contributed by atoms with Crippen molar-refractivity contribution in [1.82, 2.24) is 10.2 Å². The summed E-state index contributed by atoms with van der Waals surface area (Å²) in [6, 6.07) is 12.1. The molecule has 1 saturated heterocycles. The molecule has 0 spiro atoms. The second kappa shape index (κ2) is 8.82. The topological polar surface area (TPSA) is 15.3 Å². The van der Waals surface area contributed by atoms with Gasteiger partial charge in [-0.15, -0.1) is 0 Å². The minimum absolute atomic E-state index is 0.466. The first kappa shape index (κ1) is 16.9. The Kier molecular flexibility index (Phi) is 7.08. The van der Waals surface area contributed by atoms with E-state index in [0.29, 0.717) is 18.0 Å². The van der Waals surface area contributed by atoms with E-state index in [-0.39, 0.29) is 0 Å². The maximum absolute atomic E-state index is 3.76. The summed E-state index contributed by atoms with van der Waals surface area (Å²) >= 11 is 2.10. The van der Waals surface area contributed by atoms with Crippen LogP contribution >= 0.6 is 11.8 Å². The molecule has 2 rings (SSSR count). The number of hydrogen-bond donors (Lipinski definition) is 1. The van der Waals surface area contributed by atoms with Gasteiger partial charge in [0, 0.05) is 36.7 Å². The third-order valence-electron chi connectivity index (χ3n) is 4.37. The summed E-state index contributed by atoms with van der Waals surface area (Å²) in [4.78, 5) is 2.67. The van der Waals surface area contributed by atoms with Crippen LogP contribution < -0.4 is 5.32 Å². The molecule has 21 heavy (non-hydrogen) atoms. The first-order chi connectivity index (χ1) is 10.2. The highest BCUT2D eigenvalue weighted by atomic mass is 32.2. The molecule has 1 aliphatic heterocycles. The molecule has 0 saturated carbocycles. The van der Waals surface area contributed by atoms with E-state index in [0.717, 1.165) is 6.54 Å². The van der Waals surface area contributed by atoms with Gasteiger partial charge in [-0.2, -0.15) is 11.8 Å². The highest BCUT2D eigenvalue weighted by Crippen LogP contribution is 2.25. The molecule has 1 heterocycles. The Morgan fingerprint density at radius 2 is 2.10 bits per heavy atom. The van der Waals surface area contributed by atoms with Crippen LogP contribution in [0.4, 0.5) is 0 Å². The van der Waals surface area contributed by atoms with Crippen molar-refractivity contribution in [3.05, 3.63) is 35.9 Å². The Morgan fingerprint density at radius 1 is 1.33 bits per heavy atom. The third kappa shape index (κ3) is 5.01. The largest absolute Gasteiger partial charge is 0.310 e. The average molecular weight is 307 g/mol. The molecule has 0 bridgehead atoms. The molecule has 1 aliphatic rings. The van der Waals surface area contributed by atoms with Gasteiger partial charge in [0.1, 0.15) is 0 Å². The highest BCUT2D eigenvalue weighted by molar-refractivity contribution is 7.99. The van der Waals surface area contributed by atoms with Crippen molar-refractivity contribution in [2.45, 2.75) is 39.3 Å². The molecule has 3 atom stereocenters. The lowest BCUT2D eigenvalue weighted by Crippen LogP contribution is -2.44. The molecular formula is C18H30N2S.